The fourth-order valence-electron chi connectivity index (χ4n) is 1.92. The highest BCUT2D eigenvalue weighted by Gasteiger charge is 2.05. The van der Waals surface area contributed by atoms with Gasteiger partial charge in [-0.2, -0.15) is 0 Å². The fraction of sp³-hybridized carbons (Fsp3) is 0.273. The molecule has 2 heteroatoms. The quantitative estimate of drug-likeness (QED) is 0.703. The average molecular weight is 174 g/mol. The molecule has 2 N–H and O–H groups in total. The van der Waals surface area contributed by atoms with Crippen LogP contribution in [0.1, 0.15) is 11.1 Å². The van der Waals surface area contributed by atoms with Crippen LogP contribution in [-0.4, -0.2) is 4.57 Å². The zero-order valence-corrected chi connectivity index (χ0v) is 8.04. The van der Waals surface area contributed by atoms with Crippen LogP contribution < -0.4 is 5.73 Å². The summed E-state index contributed by atoms with van der Waals surface area (Å²) in [6.07, 6.45) is 2.14. The molecule has 1 aromatic heterocycles. The summed E-state index contributed by atoms with van der Waals surface area (Å²) in [6, 6.07) is 6.29. The van der Waals surface area contributed by atoms with Crippen molar-refractivity contribution in [1.82, 2.24) is 4.57 Å². The Morgan fingerprint density at radius 1 is 1.38 bits per heavy atom. The summed E-state index contributed by atoms with van der Waals surface area (Å²) in [6.45, 7) is 2.73. The average Bonchev–Trinajstić information content (AvgIpc) is 2.43. The number of aryl methyl sites for hydroxylation is 2. The Morgan fingerprint density at radius 3 is 2.85 bits per heavy atom. The molecule has 13 heavy (non-hydrogen) atoms. The summed E-state index contributed by atoms with van der Waals surface area (Å²) in [7, 11) is 2.06. The minimum absolute atomic E-state index is 0.606. The summed E-state index contributed by atoms with van der Waals surface area (Å²) in [5.41, 5.74) is 9.48. The van der Waals surface area contributed by atoms with Gasteiger partial charge in [0.25, 0.3) is 0 Å². The Balaban J connectivity index is 2.88. The van der Waals surface area contributed by atoms with Crippen LogP contribution in [-0.2, 0) is 13.6 Å². The van der Waals surface area contributed by atoms with Gasteiger partial charge >= 0.3 is 0 Å². The van der Waals surface area contributed by atoms with Crippen molar-refractivity contribution in [2.45, 2.75) is 13.5 Å². The van der Waals surface area contributed by atoms with E-state index in [2.05, 4.69) is 42.9 Å². The lowest BCUT2D eigenvalue weighted by Crippen LogP contribution is -1.99. The standard InChI is InChI=1S/C11H14N2/c1-8-7-13(2)11-9(6-12)4-3-5-10(8)11/h3-5,7H,6,12H2,1-2H3. The SMILES string of the molecule is Cc1cn(C)c2c(CN)cccc12. The van der Waals surface area contributed by atoms with Crippen LogP contribution in [0.25, 0.3) is 10.9 Å². The van der Waals surface area contributed by atoms with E-state index < -0.39 is 0 Å². The van der Waals surface area contributed by atoms with Gasteiger partial charge in [-0.3, -0.25) is 0 Å². The van der Waals surface area contributed by atoms with E-state index in [4.69, 9.17) is 5.73 Å². The van der Waals surface area contributed by atoms with E-state index in [-0.39, 0.29) is 0 Å². The van der Waals surface area contributed by atoms with Gasteiger partial charge in [-0.25, -0.2) is 0 Å². The van der Waals surface area contributed by atoms with Crippen LogP contribution in [0.15, 0.2) is 24.4 Å². The number of rotatable bonds is 1. The highest BCUT2D eigenvalue weighted by atomic mass is 14.9. The van der Waals surface area contributed by atoms with Crippen LogP contribution in [0.4, 0.5) is 0 Å². The van der Waals surface area contributed by atoms with E-state index in [9.17, 15) is 0 Å². The molecule has 0 atom stereocenters. The van der Waals surface area contributed by atoms with Crippen molar-refractivity contribution in [3.63, 3.8) is 0 Å². The molecule has 0 unspecified atom stereocenters. The molecular weight excluding hydrogens is 160 g/mol. The maximum absolute atomic E-state index is 5.68. The molecule has 2 nitrogen and oxygen atoms in total. The van der Waals surface area contributed by atoms with Crippen molar-refractivity contribution < 1.29 is 0 Å². The molecule has 0 aliphatic carbocycles. The van der Waals surface area contributed by atoms with Crippen molar-refractivity contribution in [3.8, 4) is 0 Å². The number of para-hydroxylation sites is 1. The highest BCUT2D eigenvalue weighted by Crippen LogP contribution is 2.22. The molecule has 0 radical (unpaired) electrons. The van der Waals surface area contributed by atoms with Gasteiger partial charge in [-0.05, 0) is 18.1 Å². The van der Waals surface area contributed by atoms with Crippen LogP contribution >= 0.6 is 0 Å². The lowest BCUT2D eigenvalue weighted by molar-refractivity contribution is 0.946. The van der Waals surface area contributed by atoms with Crippen molar-refractivity contribution in [2.75, 3.05) is 0 Å². The van der Waals surface area contributed by atoms with E-state index in [1.165, 1.54) is 22.0 Å². The molecular formula is C11H14N2. The third kappa shape index (κ3) is 1.14. The largest absolute Gasteiger partial charge is 0.350 e. The number of benzene rings is 1. The number of nitrogens with two attached hydrogens (primary N) is 1. The number of hydrogen-bond acceptors (Lipinski definition) is 1. The predicted octanol–water partition coefficient (Wildman–Crippen LogP) is 1.95. The van der Waals surface area contributed by atoms with E-state index in [0.29, 0.717) is 6.54 Å². The Hall–Kier alpha value is -1.28. The Bertz CT molecular complexity index is 441. The molecule has 0 spiro atoms. The van der Waals surface area contributed by atoms with E-state index in [1.54, 1.807) is 0 Å². The molecule has 0 saturated carbocycles. The molecule has 1 aromatic carbocycles. The number of aromatic nitrogens is 1. The predicted molar refractivity (Wildman–Crippen MR) is 55.5 cm³/mol. The second-order valence-corrected chi connectivity index (χ2v) is 3.44. The zero-order chi connectivity index (χ0) is 9.42. The molecule has 0 amide bonds. The van der Waals surface area contributed by atoms with Crippen LogP contribution in [0.2, 0.25) is 0 Å². The van der Waals surface area contributed by atoms with Gasteiger partial charge < -0.3 is 10.3 Å². The molecule has 0 saturated heterocycles. The summed E-state index contributed by atoms with van der Waals surface area (Å²) >= 11 is 0. The first-order chi connectivity index (χ1) is 6.24. The minimum Gasteiger partial charge on any atom is -0.350 e. The Kier molecular flexibility index (Phi) is 1.85. The third-order valence-corrected chi connectivity index (χ3v) is 2.50. The first-order valence-corrected chi connectivity index (χ1v) is 4.47. The Morgan fingerprint density at radius 2 is 2.15 bits per heavy atom. The number of fused-ring (bicyclic) bond motifs is 1. The van der Waals surface area contributed by atoms with Gasteiger partial charge in [0.05, 0.1) is 5.52 Å². The van der Waals surface area contributed by atoms with E-state index in [1.807, 2.05) is 0 Å². The normalized spacial score (nSPS) is 11.0. The number of nitrogens with zero attached hydrogens (tertiary/aromatic N) is 1. The van der Waals surface area contributed by atoms with Gasteiger partial charge in [-0.1, -0.05) is 18.2 Å². The maximum Gasteiger partial charge on any atom is 0.0525 e. The first-order valence-electron chi connectivity index (χ1n) is 4.47. The zero-order valence-electron chi connectivity index (χ0n) is 8.04. The second-order valence-electron chi connectivity index (χ2n) is 3.44. The van der Waals surface area contributed by atoms with Crippen LogP contribution in [0.5, 0.6) is 0 Å². The van der Waals surface area contributed by atoms with Gasteiger partial charge in [0, 0.05) is 25.2 Å². The molecule has 2 rings (SSSR count). The summed E-state index contributed by atoms with van der Waals surface area (Å²) in [5.74, 6) is 0. The second kappa shape index (κ2) is 2.89. The molecule has 2 aromatic rings. The number of hydrogen-bond donors (Lipinski definition) is 1. The topological polar surface area (TPSA) is 30.9 Å². The van der Waals surface area contributed by atoms with E-state index >= 15 is 0 Å². The molecule has 0 bridgehead atoms. The molecule has 1 heterocycles. The van der Waals surface area contributed by atoms with Gasteiger partial charge in [0.2, 0.25) is 0 Å². The summed E-state index contributed by atoms with van der Waals surface area (Å²) in [5, 5.41) is 1.31. The van der Waals surface area contributed by atoms with Gasteiger partial charge in [0.15, 0.2) is 0 Å². The minimum atomic E-state index is 0.606. The smallest absolute Gasteiger partial charge is 0.0525 e. The summed E-state index contributed by atoms with van der Waals surface area (Å²) in [4.78, 5) is 0. The van der Waals surface area contributed by atoms with Gasteiger partial charge in [0.1, 0.15) is 0 Å². The van der Waals surface area contributed by atoms with Crippen LogP contribution in [0.3, 0.4) is 0 Å². The van der Waals surface area contributed by atoms with Crippen molar-refractivity contribution in [1.29, 1.82) is 0 Å². The lowest BCUT2D eigenvalue weighted by Gasteiger charge is -2.02. The monoisotopic (exact) mass is 174 g/mol. The molecule has 68 valence electrons. The van der Waals surface area contributed by atoms with E-state index in [0.717, 1.165) is 0 Å². The maximum atomic E-state index is 5.68. The van der Waals surface area contributed by atoms with Crippen molar-refractivity contribution in [3.05, 3.63) is 35.5 Å². The fourth-order valence-corrected chi connectivity index (χ4v) is 1.92. The van der Waals surface area contributed by atoms with Crippen molar-refractivity contribution in [2.24, 2.45) is 12.8 Å². The molecule has 0 aliphatic heterocycles. The van der Waals surface area contributed by atoms with Crippen molar-refractivity contribution >= 4 is 10.9 Å². The lowest BCUT2D eigenvalue weighted by atomic mass is 10.1. The molecule has 0 aliphatic rings. The Labute approximate surface area is 78.0 Å². The van der Waals surface area contributed by atoms with Gasteiger partial charge in [-0.15, -0.1) is 0 Å². The van der Waals surface area contributed by atoms with Crippen LogP contribution in [0, 0.1) is 6.92 Å². The molecule has 0 fully saturated rings. The summed E-state index contributed by atoms with van der Waals surface area (Å²) < 4.78 is 2.15. The third-order valence-electron chi connectivity index (χ3n) is 2.50. The highest BCUT2D eigenvalue weighted by molar-refractivity contribution is 5.86. The first kappa shape index (κ1) is 8.32.